The summed E-state index contributed by atoms with van der Waals surface area (Å²) >= 11 is 0. The Hall–Kier alpha value is -6.08. The summed E-state index contributed by atoms with van der Waals surface area (Å²) in [6, 6.07) is 37.4. The van der Waals surface area contributed by atoms with Crippen molar-refractivity contribution in [3.05, 3.63) is 134 Å². The number of aromatic nitrogens is 6. The molecular formula is C36H22N6O. The third-order valence-electron chi connectivity index (χ3n) is 8.07. The van der Waals surface area contributed by atoms with Crippen molar-refractivity contribution in [1.29, 1.82) is 0 Å². The molecule has 5 heterocycles. The molecule has 43 heavy (non-hydrogen) atoms. The Labute approximate surface area is 245 Å². The first kappa shape index (κ1) is 23.6. The molecule has 9 rings (SSSR count). The van der Waals surface area contributed by atoms with Gasteiger partial charge in [-0.25, -0.2) is 0 Å². The van der Waals surface area contributed by atoms with Gasteiger partial charge in [0, 0.05) is 45.1 Å². The van der Waals surface area contributed by atoms with Gasteiger partial charge in [-0.05, 0) is 60.7 Å². The van der Waals surface area contributed by atoms with Crippen molar-refractivity contribution in [2.75, 3.05) is 0 Å². The molecule has 4 aromatic carbocycles. The minimum absolute atomic E-state index is 0.466. The zero-order valence-electron chi connectivity index (χ0n) is 22.8. The van der Waals surface area contributed by atoms with E-state index in [-0.39, 0.29) is 0 Å². The summed E-state index contributed by atoms with van der Waals surface area (Å²) in [5.41, 5.74) is 8.03. The first-order chi connectivity index (χ1) is 21.3. The van der Waals surface area contributed by atoms with Gasteiger partial charge in [-0.15, -0.1) is 10.2 Å². The van der Waals surface area contributed by atoms with Gasteiger partial charge in [-0.3, -0.25) is 9.97 Å². The van der Waals surface area contributed by atoms with Crippen LogP contribution in [0.3, 0.4) is 0 Å². The Morgan fingerprint density at radius 3 is 1.37 bits per heavy atom. The summed E-state index contributed by atoms with van der Waals surface area (Å²) in [5.74, 6) is 0.931. The van der Waals surface area contributed by atoms with Crippen LogP contribution >= 0.6 is 0 Å². The van der Waals surface area contributed by atoms with Crippen molar-refractivity contribution in [3.8, 4) is 34.3 Å². The number of rotatable bonds is 4. The summed E-state index contributed by atoms with van der Waals surface area (Å²) in [6.45, 7) is 0. The lowest BCUT2D eigenvalue weighted by Crippen LogP contribution is -1.94. The highest BCUT2D eigenvalue weighted by Gasteiger charge is 2.18. The Morgan fingerprint density at radius 1 is 0.442 bits per heavy atom. The molecule has 0 aliphatic rings. The summed E-state index contributed by atoms with van der Waals surface area (Å²) < 4.78 is 10.8. The van der Waals surface area contributed by atoms with Crippen LogP contribution in [0.5, 0.6) is 0 Å². The molecule has 0 spiro atoms. The Morgan fingerprint density at radius 2 is 0.907 bits per heavy atom. The molecule has 0 atom stereocenters. The standard InChI is InChI=1S/C36H22N6O/c1-3-11-31-27(9-1)29-15-13-23(19-33(29)41(31)25-7-5-17-37-21-25)35-39-40-36(43-35)24-14-16-30-28-10-2-4-12-32(28)42(34(30)20-24)26-8-6-18-38-22-26/h1-22H. The Kier molecular flexibility index (Phi) is 5.06. The molecule has 0 amide bonds. The zero-order valence-corrected chi connectivity index (χ0v) is 22.8. The van der Waals surface area contributed by atoms with Crippen molar-refractivity contribution in [3.63, 3.8) is 0 Å². The average molecular weight is 555 g/mol. The van der Waals surface area contributed by atoms with Gasteiger partial charge in [-0.2, -0.15) is 0 Å². The first-order valence-corrected chi connectivity index (χ1v) is 14.0. The van der Waals surface area contributed by atoms with Gasteiger partial charge in [0.1, 0.15) is 0 Å². The number of hydrogen-bond donors (Lipinski definition) is 0. The Balaban J connectivity index is 1.19. The van der Waals surface area contributed by atoms with Crippen LogP contribution in [0.2, 0.25) is 0 Å². The van der Waals surface area contributed by atoms with Gasteiger partial charge in [0.2, 0.25) is 11.8 Å². The second-order valence-corrected chi connectivity index (χ2v) is 10.5. The molecule has 7 nitrogen and oxygen atoms in total. The third kappa shape index (κ3) is 3.62. The van der Waals surface area contributed by atoms with E-state index in [1.54, 1.807) is 12.4 Å². The normalized spacial score (nSPS) is 11.7. The molecule has 0 aliphatic carbocycles. The van der Waals surface area contributed by atoms with E-state index < -0.39 is 0 Å². The predicted octanol–water partition coefficient (Wildman–Crippen LogP) is 8.39. The van der Waals surface area contributed by atoms with Crippen LogP contribution in [0.1, 0.15) is 0 Å². The molecule has 7 heteroatoms. The molecular weight excluding hydrogens is 532 g/mol. The average Bonchev–Trinajstić information content (AvgIpc) is 3.78. The lowest BCUT2D eigenvalue weighted by molar-refractivity contribution is 0.584. The van der Waals surface area contributed by atoms with Crippen LogP contribution in [0, 0.1) is 0 Å². The molecule has 0 radical (unpaired) electrons. The fourth-order valence-corrected chi connectivity index (χ4v) is 6.19. The third-order valence-corrected chi connectivity index (χ3v) is 8.07. The van der Waals surface area contributed by atoms with Gasteiger partial charge >= 0.3 is 0 Å². The summed E-state index contributed by atoms with van der Waals surface area (Å²) in [4.78, 5) is 8.73. The van der Waals surface area contributed by atoms with Gasteiger partial charge in [0.15, 0.2) is 0 Å². The predicted molar refractivity (Wildman–Crippen MR) is 169 cm³/mol. The van der Waals surface area contributed by atoms with Gasteiger partial charge in [-0.1, -0.05) is 48.5 Å². The van der Waals surface area contributed by atoms with E-state index >= 15 is 0 Å². The van der Waals surface area contributed by atoms with Crippen molar-refractivity contribution < 1.29 is 4.42 Å². The maximum atomic E-state index is 6.33. The smallest absolute Gasteiger partial charge is 0.248 e. The molecule has 0 bridgehead atoms. The highest BCUT2D eigenvalue weighted by Crippen LogP contribution is 2.37. The van der Waals surface area contributed by atoms with E-state index in [9.17, 15) is 0 Å². The molecule has 0 aliphatic heterocycles. The number of nitrogens with zero attached hydrogens (tertiary/aromatic N) is 6. The summed E-state index contributed by atoms with van der Waals surface area (Å²) in [7, 11) is 0. The SMILES string of the molecule is c1cncc(-n2c3ccccc3c3ccc(-c4nnc(-c5ccc6c7ccccc7n(-c7cccnc7)c6c5)o4)cc32)c1. The topological polar surface area (TPSA) is 74.6 Å². The van der Waals surface area contributed by atoms with Gasteiger partial charge in [0.25, 0.3) is 0 Å². The molecule has 0 fully saturated rings. The highest BCUT2D eigenvalue weighted by molar-refractivity contribution is 6.11. The largest absolute Gasteiger partial charge is 0.416 e. The molecule has 202 valence electrons. The van der Waals surface area contributed by atoms with Crippen molar-refractivity contribution in [1.82, 2.24) is 29.3 Å². The number of benzene rings is 4. The fraction of sp³-hybridized carbons (Fsp3) is 0. The monoisotopic (exact) mass is 554 g/mol. The summed E-state index contributed by atoms with van der Waals surface area (Å²) in [5, 5.41) is 13.6. The minimum Gasteiger partial charge on any atom is -0.416 e. The van der Waals surface area contributed by atoms with Gasteiger partial charge < -0.3 is 13.6 Å². The molecule has 0 unspecified atom stereocenters. The second-order valence-electron chi connectivity index (χ2n) is 10.5. The molecule has 0 N–H and O–H groups in total. The summed E-state index contributed by atoms with van der Waals surface area (Å²) in [6.07, 6.45) is 7.33. The lowest BCUT2D eigenvalue weighted by atomic mass is 10.1. The zero-order chi connectivity index (χ0) is 28.3. The number of fused-ring (bicyclic) bond motifs is 6. The maximum Gasteiger partial charge on any atom is 0.248 e. The lowest BCUT2D eigenvalue weighted by Gasteiger charge is -2.07. The van der Waals surface area contributed by atoms with Crippen molar-refractivity contribution >= 4 is 43.6 Å². The van der Waals surface area contributed by atoms with Crippen LogP contribution < -0.4 is 0 Å². The first-order valence-electron chi connectivity index (χ1n) is 14.0. The van der Waals surface area contributed by atoms with Crippen LogP contribution in [0.25, 0.3) is 77.9 Å². The van der Waals surface area contributed by atoms with E-state index in [2.05, 4.69) is 114 Å². The van der Waals surface area contributed by atoms with E-state index in [0.29, 0.717) is 11.8 Å². The van der Waals surface area contributed by atoms with Crippen LogP contribution in [0.15, 0.2) is 138 Å². The van der Waals surface area contributed by atoms with E-state index in [4.69, 9.17) is 4.42 Å². The maximum absolute atomic E-state index is 6.33. The van der Waals surface area contributed by atoms with Crippen LogP contribution in [-0.2, 0) is 0 Å². The van der Waals surface area contributed by atoms with Crippen LogP contribution in [-0.4, -0.2) is 29.3 Å². The van der Waals surface area contributed by atoms with Crippen molar-refractivity contribution in [2.45, 2.75) is 0 Å². The van der Waals surface area contributed by atoms with Gasteiger partial charge in [0.05, 0.1) is 45.8 Å². The molecule has 5 aromatic heterocycles. The number of pyridine rings is 2. The van der Waals surface area contributed by atoms with E-state index in [1.165, 1.54) is 10.8 Å². The number of hydrogen-bond acceptors (Lipinski definition) is 5. The molecule has 9 aromatic rings. The fourth-order valence-electron chi connectivity index (χ4n) is 6.19. The quantitative estimate of drug-likeness (QED) is 0.218. The second kappa shape index (κ2) is 9.22. The minimum atomic E-state index is 0.466. The number of para-hydroxylation sites is 2. The Bertz CT molecular complexity index is 2280. The molecule has 0 saturated heterocycles. The molecule has 0 saturated carbocycles. The highest BCUT2D eigenvalue weighted by atomic mass is 16.4. The van der Waals surface area contributed by atoms with E-state index in [0.717, 1.165) is 55.3 Å². The van der Waals surface area contributed by atoms with Crippen LogP contribution in [0.4, 0.5) is 0 Å². The van der Waals surface area contributed by atoms with E-state index in [1.807, 2.05) is 36.7 Å². The van der Waals surface area contributed by atoms with Crippen molar-refractivity contribution in [2.24, 2.45) is 0 Å².